The molecular weight excluding hydrogens is 362 g/mol. The zero-order valence-electron chi connectivity index (χ0n) is 15.3. The van der Waals surface area contributed by atoms with E-state index < -0.39 is 10.0 Å². The van der Waals surface area contributed by atoms with E-state index in [1.54, 1.807) is 22.5 Å². The van der Waals surface area contributed by atoms with Crippen LogP contribution in [-0.2, 0) is 27.8 Å². The third kappa shape index (κ3) is 3.63. The van der Waals surface area contributed by atoms with Crippen LogP contribution in [0.25, 0.3) is 0 Å². The van der Waals surface area contributed by atoms with Crippen molar-refractivity contribution >= 4 is 21.6 Å². The number of piperazine rings is 1. The van der Waals surface area contributed by atoms with Crippen LogP contribution in [0.1, 0.15) is 16.7 Å². The molecule has 0 spiro atoms. The van der Waals surface area contributed by atoms with Gasteiger partial charge in [-0.2, -0.15) is 4.31 Å². The molecule has 142 valence electrons. The molecule has 1 N–H and O–H groups in total. The minimum atomic E-state index is -3.54. The molecule has 4 rings (SSSR count). The van der Waals surface area contributed by atoms with Crippen molar-refractivity contribution in [1.82, 2.24) is 9.21 Å². The lowest BCUT2D eigenvalue weighted by molar-refractivity contribution is -0.115. The molecule has 2 aromatic rings. The van der Waals surface area contributed by atoms with E-state index in [0.717, 1.165) is 12.1 Å². The topological polar surface area (TPSA) is 69.7 Å². The number of carbonyl (C=O) groups excluding carboxylic acids is 1. The third-order valence-corrected chi connectivity index (χ3v) is 7.22. The number of rotatable bonds is 4. The highest BCUT2D eigenvalue weighted by Gasteiger charge is 2.30. The summed E-state index contributed by atoms with van der Waals surface area (Å²) in [4.78, 5) is 14.1. The Morgan fingerprint density at radius 1 is 1.04 bits per heavy atom. The van der Waals surface area contributed by atoms with E-state index in [1.165, 1.54) is 11.1 Å². The summed E-state index contributed by atoms with van der Waals surface area (Å²) in [6, 6.07) is 13.2. The molecule has 2 aliphatic heterocycles. The van der Waals surface area contributed by atoms with Crippen molar-refractivity contribution in [2.24, 2.45) is 0 Å². The SMILES string of the molecule is Cc1ccccc1CN1CCN(S(=O)(=O)c2ccc3c(c2)CC(=O)N3)CC1. The minimum absolute atomic E-state index is 0.0932. The fraction of sp³-hybridized carbons (Fsp3) is 0.350. The van der Waals surface area contributed by atoms with E-state index >= 15 is 0 Å². The van der Waals surface area contributed by atoms with Crippen molar-refractivity contribution in [3.8, 4) is 0 Å². The summed E-state index contributed by atoms with van der Waals surface area (Å²) >= 11 is 0. The maximum atomic E-state index is 13.0. The van der Waals surface area contributed by atoms with Gasteiger partial charge in [0.15, 0.2) is 0 Å². The van der Waals surface area contributed by atoms with E-state index in [1.807, 2.05) is 12.1 Å². The molecule has 0 aromatic heterocycles. The Morgan fingerprint density at radius 3 is 2.52 bits per heavy atom. The summed E-state index contributed by atoms with van der Waals surface area (Å²) in [5.74, 6) is -0.0932. The molecule has 0 bridgehead atoms. The molecule has 0 saturated carbocycles. The number of nitrogens with zero attached hydrogens (tertiary/aromatic N) is 2. The van der Waals surface area contributed by atoms with Crippen LogP contribution in [0, 0.1) is 6.92 Å². The van der Waals surface area contributed by atoms with Gasteiger partial charge in [0.05, 0.1) is 11.3 Å². The predicted octanol–water partition coefficient (Wildman–Crippen LogP) is 2.00. The van der Waals surface area contributed by atoms with E-state index in [4.69, 9.17) is 0 Å². The molecule has 2 aromatic carbocycles. The lowest BCUT2D eigenvalue weighted by Gasteiger charge is -2.34. The predicted molar refractivity (Wildman–Crippen MR) is 104 cm³/mol. The lowest BCUT2D eigenvalue weighted by Crippen LogP contribution is -2.48. The van der Waals surface area contributed by atoms with Crippen molar-refractivity contribution in [3.63, 3.8) is 0 Å². The number of aryl methyl sites for hydroxylation is 1. The van der Waals surface area contributed by atoms with Gasteiger partial charge in [-0.15, -0.1) is 0 Å². The zero-order chi connectivity index (χ0) is 19.0. The normalized spacial score (nSPS) is 18.3. The molecule has 1 fully saturated rings. The first-order valence-corrected chi connectivity index (χ1v) is 10.6. The Balaban J connectivity index is 1.44. The second-order valence-corrected chi connectivity index (χ2v) is 9.09. The van der Waals surface area contributed by atoms with Crippen LogP contribution in [0.3, 0.4) is 0 Å². The summed E-state index contributed by atoms with van der Waals surface area (Å²) in [6.45, 7) is 5.30. The number of amides is 1. The van der Waals surface area contributed by atoms with Crippen molar-refractivity contribution in [2.45, 2.75) is 24.8 Å². The van der Waals surface area contributed by atoms with Gasteiger partial charge in [-0.3, -0.25) is 9.69 Å². The van der Waals surface area contributed by atoms with E-state index in [0.29, 0.717) is 31.9 Å². The van der Waals surface area contributed by atoms with Gasteiger partial charge in [-0.05, 0) is 41.8 Å². The van der Waals surface area contributed by atoms with E-state index in [-0.39, 0.29) is 17.2 Å². The van der Waals surface area contributed by atoms with E-state index in [9.17, 15) is 13.2 Å². The fourth-order valence-corrected chi connectivity index (χ4v) is 5.14. The van der Waals surface area contributed by atoms with Crippen LogP contribution in [0.4, 0.5) is 5.69 Å². The third-order valence-electron chi connectivity index (χ3n) is 5.33. The van der Waals surface area contributed by atoms with Gasteiger partial charge >= 0.3 is 0 Å². The molecule has 1 saturated heterocycles. The standard InChI is InChI=1S/C20H23N3O3S/c1-15-4-2-3-5-16(15)14-22-8-10-23(11-9-22)27(25,26)18-6-7-19-17(12-18)13-20(24)21-19/h2-7,12H,8-11,13-14H2,1H3,(H,21,24). The molecule has 0 unspecified atom stereocenters. The van der Waals surface area contributed by atoms with Crippen LogP contribution >= 0.6 is 0 Å². The molecule has 0 atom stereocenters. The minimum Gasteiger partial charge on any atom is -0.326 e. The van der Waals surface area contributed by atoms with Gasteiger partial charge in [-0.25, -0.2) is 8.42 Å². The highest BCUT2D eigenvalue weighted by Crippen LogP contribution is 2.27. The summed E-state index contributed by atoms with van der Waals surface area (Å²) in [6.07, 6.45) is 0.239. The van der Waals surface area contributed by atoms with Crippen LogP contribution in [0.5, 0.6) is 0 Å². The molecule has 6 nitrogen and oxygen atoms in total. The van der Waals surface area contributed by atoms with Crippen molar-refractivity contribution in [3.05, 3.63) is 59.2 Å². The summed E-state index contributed by atoms with van der Waals surface area (Å²) < 4.78 is 27.5. The molecule has 2 aliphatic rings. The highest BCUT2D eigenvalue weighted by molar-refractivity contribution is 7.89. The van der Waals surface area contributed by atoms with Crippen LogP contribution in [-0.4, -0.2) is 49.7 Å². The molecule has 0 aliphatic carbocycles. The van der Waals surface area contributed by atoms with Crippen molar-refractivity contribution < 1.29 is 13.2 Å². The zero-order valence-corrected chi connectivity index (χ0v) is 16.1. The number of sulfonamides is 1. The largest absolute Gasteiger partial charge is 0.326 e. The maximum Gasteiger partial charge on any atom is 0.243 e. The van der Waals surface area contributed by atoms with Gasteiger partial charge < -0.3 is 5.32 Å². The Kier molecular flexibility index (Phi) is 4.75. The van der Waals surface area contributed by atoms with Crippen LogP contribution < -0.4 is 5.32 Å². The first-order chi connectivity index (χ1) is 12.9. The molecule has 27 heavy (non-hydrogen) atoms. The number of benzene rings is 2. The molecular formula is C20H23N3O3S. The molecule has 1 amide bonds. The Labute approximate surface area is 159 Å². The van der Waals surface area contributed by atoms with Gasteiger partial charge in [0.1, 0.15) is 0 Å². The molecule has 2 heterocycles. The summed E-state index contributed by atoms with van der Waals surface area (Å²) in [7, 11) is -3.54. The van der Waals surface area contributed by atoms with Gasteiger partial charge in [0.2, 0.25) is 15.9 Å². The van der Waals surface area contributed by atoms with Crippen LogP contribution in [0.15, 0.2) is 47.4 Å². The monoisotopic (exact) mass is 385 g/mol. The van der Waals surface area contributed by atoms with Gasteiger partial charge in [-0.1, -0.05) is 24.3 Å². The second kappa shape index (κ2) is 7.07. The number of hydrogen-bond acceptors (Lipinski definition) is 4. The Bertz CT molecular complexity index is 980. The number of carbonyl (C=O) groups is 1. The highest BCUT2D eigenvalue weighted by atomic mass is 32.2. The smallest absolute Gasteiger partial charge is 0.243 e. The summed E-state index contributed by atoms with van der Waals surface area (Å²) in [5.41, 5.74) is 4.00. The van der Waals surface area contributed by atoms with Crippen molar-refractivity contribution in [1.29, 1.82) is 0 Å². The van der Waals surface area contributed by atoms with Crippen molar-refractivity contribution in [2.75, 3.05) is 31.5 Å². The number of nitrogens with one attached hydrogen (secondary N) is 1. The summed E-state index contributed by atoms with van der Waals surface area (Å²) in [5, 5.41) is 2.74. The first kappa shape index (κ1) is 18.2. The molecule has 7 heteroatoms. The Morgan fingerprint density at radius 2 is 1.78 bits per heavy atom. The van der Waals surface area contributed by atoms with Gasteiger partial charge in [0.25, 0.3) is 0 Å². The second-order valence-electron chi connectivity index (χ2n) is 7.15. The fourth-order valence-electron chi connectivity index (χ4n) is 3.67. The number of hydrogen-bond donors (Lipinski definition) is 1. The molecule has 0 radical (unpaired) electrons. The first-order valence-electron chi connectivity index (χ1n) is 9.13. The number of anilines is 1. The number of fused-ring (bicyclic) bond motifs is 1. The van der Waals surface area contributed by atoms with Gasteiger partial charge in [0, 0.05) is 38.4 Å². The van der Waals surface area contributed by atoms with Crippen LogP contribution in [0.2, 0.25) is 0 Å². The lowest BCUT2D eigenvalue weighted by atomic mass is 10.1. The van der Waals surface area contributed by atoms with E-state index in [2.05, 4.69) is 29.3 Å². The average molecular weight is 385 g/mol. The maximum absolute atomic E-state index is 13.0. The quantitative estimate of drug-likeness (QED) is 0.874. The average Bonchev–Trinajstić information content (AvgIpc) is 3.03. The Hall–Kier alpha value is -2.22.